The van der Waals surface area contributed by atoms with Crippen LogP contribution in [0.15, 0.2) is 194 Å². The highest BCUT2D eigenvalue weighted by molar-refractivity contribution is 5.93. The number of nitrogens with zero attached hydrogens (tertiary/aromatic N) is 2. The fourth-order valence-corrected chi connectivity index (χ4v) is 11.5. The average Bonchev–Trinajstić information content (AvgIpc) is 3.71. The molecule has 2 aliphatic heterocycles. The molecule has 0 unspecified atom stereocenters. The first-order valence-corrected chi connectivity index (χ1v) is 22.7. The first-order chi connectivity index (χ1) is 31.2. The number of hydrogen-bond donors (Lipinski definition) is 0. The topological polar surface area (TPSA) is 6.48 Å². The predicted octanol–water partition coefficient (Wildman–Crippen LogP) is 15.2. The van der Waals surface area contributed by atoms with E-state index in [0.717, 1.165) is 38.5 Å². The third-order valence-corrected chi connectivity index (χ3v) is 14.6. The monoisotopic (exact) mass is 806 g/mol. The van der Waals surface area contributed by atoms with Crippen LogP contribution in [0, 0.1) is 0 Å². The van der Waals surface area contributed by atoms with Crippen molar-refractivity contribution in [2.24, 2.45) is 0 Å². The van der Waals surface area contributed by atoms with E-state index in [1.54, 1.807) is 0 Å². The lowest BCUT2D eigenvalue weighted by atomic mass is 9.75. The minimum Gasteiger partial charge on any atom is -0.310 e. The van der Waals surface area contributed by atoms with Crippen molar-refractivity contribution in [1.82, 2.24) is 0 Å². The number of fused-ring (bicyclic) bond motifs is 11. The van der Waals surface area contributed by atoms with E-state index in [4.69, 9.17) is 0 Å². The van der Waals surface area contributed by atoms with E-state index in [-0.39, 0.29) is 5.41 Å². The van der Waals surface area contributed by atoms with Crippen molar-refractivity contribution in [1.29, 1.82) is 0 Å². The Hall–Kier alpha value is -7.42. The second-order valence-electron chi connectivity index (χ2n) is 18.0. The van der Waals surface area contributed by atoms with Gasteiger partial charge in [0.05, 0.1) is 0 Å². The zero-order valence-electron chi connectivity index (χ0n) is 35.3. The lowest BCUT2D eigenvalue weighted by Gasteiger charge is -2.31. The molecular formula is C61H46N2. The van der Waals surface area contributed by atoms with Gasteiger partial charge in [-0.1, -0.05) is 152 Å². The molecule has 300 valence electrons. The normalized spacial score (nSPS) is 15.2. The van der Waals surface area contributed by atoms with Crippen LogP contribution >= 0.6 is 0 Å². The predicted molar refractivity (Wildman–Crippen MR) is 264 cm³/mol. The van der Waals surface area contributed by atoms with Crippen LogP contribution in [-0.2, 0) is 43.9 Å². The van der Waals surface area contributed by atoms with Gasteiger partial charge in [-0.2, -0.15) is 0 Å². The molecule has 2 aliphatic carbocycles. The van der Waals surface area contributed by atoms with Gasteiger partial charge in [0.25, 0.3) is 0 Å². The molecule has 2 heterocycles. The second-order valence-corrected chi connectivity index (χ2v) is 18.0. The molecule has 0 atom stereocenters. The lowest BCUT2D eigenvalue weighted by Crippen LogP contribution is -2.26. The minimum absolute atomic E-state index is 0.131. The average molecular weight is 807 g/mol. The number of benzene rings is 9. The van der Waals surface area contributed by atoms with Crippen molar-refractivity contribution in [2.75, 3.05) is 9.80 Å². The third kappa shape index (κ3) is 5.85. The molecular weight excluding hydrogens is 761 g/mol. The van der Waals surface area contributed by atoms with Crippen LogP contribution in [0.5, 0.6) is 0 Å². The SMILES string of the molecule is C(=Cc1ccc2cc(N3c4ccccc4CCc4ccccc43)ccc2c1)c1ccc2c(c1)C1(Cc3ccccc3C1)c1cc(N3c4ccccc4CCc4ccccc43)ccc1-2. The molecule has 2 nitrogen and oxygen atoms in total. The molecule has 0 aromatic heterocycles. The molecule has 63 heavy (non-hydrogen) atoms. The lowest BCUT2D eigenvalue weighted by molar-refractivity contribution is 0.563. The molecule has 2 heteroatoms. The molecule has 13 rings (SSSR count). The summed E-state index contributed by atoms with van der Waals surface area (Å²) in [6, 6.07) is 73.3. The molecule has 0 N–H and O–H groups in total. The van der Waals surface area contributed by atoms with E-state index < -0.39 is 0 Å². The van der Waals surface area contributed by atoms with Gasteiger partial charge in [0.15, 0.2) is 0 Å². The van der Waals surface area contributed by atoms with Gasteiger partial charge in [0.2, 0.25) is 0 Å². The van der Waals surface area contributed by atoms with Crippen LogP contribution in [-0.4, -0.2) is 0 Å². The molecule has 9 aromatic carbocycles. The number of hydrogen-bond acceptors (Lipinski definition) is 2. The van der Waals surface area contributed by atoms with E-state index in [1.807, 2.05) is 0 Å². The minimum atomic E-state index is -0.131. The third-order valence-electron chi connectivity index (χ3n) is 14.6. The van der Waals surface area contributed by atoms with E-state index in [1.165, 1.54) is 112 Å². The Morgan fingerprint density at radius 1 is 0.333 bits per heavy atom. The number of rotatable bonds is 4. The molecule has 0 bridgehead atoms. The number of anilines is 6. The zero-order valence-corrected chi connectivity index (χ0v) is 35.3. The van der Waals surface area contributed by atoms with E-state index in [0.29, 0.717) is 0 Å². The maximum absolute atomic E-state index is 2.54. The van der Waals surface area contributed by atoms with Gasteiger partial charge in [-0.25, -0.2) is 0 Å². The fourth-order valence-electron chi connectivity index (χ4n) is 11.5. The van der Waals surface area contributed by atoms with Gasteiger partial charge >= 0.3 is 0 Å². The van der Waals surface area contributed by atoms with Gasteiger partial charge in [-0.15, -0.1) is 0 Å². The van der Waals surface area contributed by atoms with Gasteiger partial charge in [-0.05, 0) is 171 Å². The summed E-state index contributed by atoms with van der Waals surface area (Å²) in [5.74, 6) is 0. The Bertz CT molecular complexity index is 3210. The zero-order chi connectivity index (χ0) is 41.5. The highest BCUT2D eigenvalue weighted by atomic mass is 15.2. The standard InChI is InChI=1S/C61H46N2/c1-2-16-50-40-61(39-49(50)15-1)55-36-42(24-33-53(55)54-34-32-52(38-56(54)61)63-59-19-9-5-13-45(59)28-29-46-14-6-10-20-60(46)63)22-21-41-23-25-48-37-51(31-30-47(48)35-41)62-57-17-7-3-11-43(57)26-27-44-12-4-8-18-58(44)62/h1-25,30-38H,26-29,39-40H2. The largest absolute Gasteiger partial charge is 0.310 e. The van der Waals surface area contributed by atoms with Crippen LogP contribution in [0.1, 0.15) is 55.6 Å². The quantitative estimate of drug-likeness (QED) is 0.163. The second kappa shape index (κ2) is 14.3. The number of para-hydroxylation sites is 4. The summed E-state index contributed by atoms with van der Waals surface area (Å²) in [5, 5.41) is 2.49. The van der Waals surface area contributed by atoms with Crippen LogP contribution in [0.4, 0.5) is 34.1 Å². The van der Waals surface area contributed by atoms with Gasteiger partial charge in [0.1, 0.15) is 0 Å². The Morgan fingerprint density at radius 3 is 1.25 bits per heavy atom. The highest BCUT2D eigenvalue weighted by Gasteiger charge is 2.47. The summed E-state index contributed by atoms with van der Waals surface area (Å²) >= 11 is 0. The molecule has 9 aromatic rings. The van der Waals surface area contributed by atoms with Gasteiger partial charge in [-0.3, -0.25) is 0 Å². The van der Waals surface area contributed by atoms with Gasteiger partial charge in [0, 0.05) is 39.5 Å². The van der Waals surface area contributed by atoms with Crippen molar-refractivity contribution in [3.63, 3.8) is 0 Å². The van der Waals surface area contributed by atoms with Crippen LogP contribution < -0.4 is 9.80 Å². The first kappa shape index (κ1) is 36.3. The molecule has 0 saturated carbocycles. The van der Waals surface area contributed by atoms with E-state index in [2.05, 4.69) is 216 Å². The maximum Gasteiger partial charge on any atom is 0.0493 e. The van der Waals surface area contributed by atoms with E-state index in [9.17, 15) is 0 Å². The van der Waals surface area contributed by atoms with Crippen LogP contribution in [0.2, 0.25) is 0 Å². The first-order valence-electron chi connectivity index (χ1n) is 22.7. The fraction of sp³-hybridized carbons (Fsp3) is 0.115. The maximum atomic E-state index is 2.54. The Labute approximate surface area is 370 Å². The molecule has 0 amide bonds. The number of aryl methyl sites for hydroxylation is 4. The summed E-state index contributed by atoms with van der Waals surface area (Å²) in [6.07, 6.45) is 10.8. The molecule has 0 fully saturated rings. The van der Waals surface area contributed by atoms with Crippen molar-refractivity contribution in [3.8, 4) is 11.1 Å². The summed E-state index contributed by atoms with van der Waals surface area (Å²) in [7, 11) is 0. The Kier molecular flexibility index (Phi) is 8.24. The molecule has 0 saturated heterocycles. The molecule has 1 spiro atoms. The summed E-state index contributed by atoms with van der Waals surface area (Å²) < 4.78 is 0. The summed E-state index contributed by atoms with van der Waals surface area (Å²) in [4.78, 5) is 4.99. The van der Waals surface area contributed by atoms with Crippen molar-refractivity contribution in [3.05, 3.63) is 250 Å². The molecule has 0 radical (unpaired) electrons. The van der Waals surface area contributed by atoms with Crippen LogP contribution in [0.25, 0.3) is 34.1 Å². The smallest absolute Gasteiger partial charge is 0.0493 e. The molecule has 4 aliphatic rings. The highest BCUT2D eigenvalue weighted by Crippen LogP contribution is 2.57. The van der Waals surface area contributed by atoms with Crippen molar-refractivity contribution < 1.29 is 0 Å². The van der Waals surface area contributed by atoms with Crippen molar-refractivity contribution >= 4 is 57.0 Å². The van der Waals surface area contributed by atoms with E-state index >= 15 is 0 Å². The van der Waals surface area contributed by atoms with Crippen LogP contribution in [0.3, 0.4) is 0 Å². The Balaban J connectivity index is 0.860. The Morgan fingerprint density at radius 2 is 0.714 bits per heavy atom. The summed E-state index contributed by atoms with van der Waals surface area (Å²) in [6.45, 7) is 0. The summed E-state index contributed by atoms with van der Waals surface area (Å²) in [5.41, 5.74) is 24.0. The van der Waals surface area contributed by atoms with Gasteiger partial charge < -0.3 is 9.80 Å². The van der Waals surface area contributed by atoms with Crippen molar-refractivity contribution in [2.45, 2.75) is 43.9 Å².